The first-order chi connectivity index (χ1) is 13.4. The van der Waals surface area contributed by atoms with Crippen LogP contribution in [-0.2, 0) is 9.16 Å². The third kappa shape index (κ3) is 10.2. The quantitative estimate of drug-likeness (QED) is 0.204. The number of unbranched alkanes of at least 4 members (excludes halogenated alkanes) is 9. The molecule has 1 saturated heterocycles. The molecule has 0 saturated carbocycles. The number of ether oxygens (including phenoxy) is 1. The zero-order valence-electron chi connectivity index (χ0n) is 20.1. The molecule has 28 heavy (non-hydrogen) atoms. The number of hydrogen-bond acceptors (Lipinski definition) is 3. The minimum atomic E-state index is -1.56. The minimum Gasteiger partial charge on any atom is -0.411 e. The van der Waals surface area contributed by atoms with Crippen molar-refractivity contribution < 1.29 is 9.16 Å². The van der Waals surface area contributed by atoms with Gasteiger partial charge in [-0.25, -0.2) is 0 Å². The lowest BCUT2D eigenvalue weighted by molar-refractivity contribution is 0.00797. The maximum Gasteiger partial charge on any atom is 0.184 e. The standard InChI is InChI=1S/C24H51NO2Si/c1-7-10-11-12-13-14-15-16-17-18-19-26-22-20-23(25-21-22)24(8-2,9-3)27-28(4,5)6/h22-23,25H,7-21H2,1-6H3/t22-,23+/m1/s1. The predicted molar refractivity (Wildman–Crippen MR) is 126 cm³/mol. The minimum absolute atomic E-state index is 0.0142. The second kappa shape index (κ2) is 14.2. The molecule has 1 fully saturated rings. The molecular weight excluding hydrogens is 362 g/mol. The van der Waals surface area contributed by atoms with Gasteiger partial charge in [0.1, 0.15) is 0 Å². The molecule has 1 heterocycles. The van der Waals surface area contributed by atoms with Crippen molar-refractivity contribution in [2.75, 3.05) is 13.2 Å². The monoisotopic (exact) mass is 413 g/mol. The van der Waals surface area contributed by atoms with Crippen LogP contribution in [0.15, 0.2) is 0 Å². The van der Waals surface area contributed by atoms with Crippen LogP contribution in [0.1, 0.15) is 104 Å². The van der Waals surface area contributed by atoms with Crippen molar-refractivity contribution in [3.63, 3.8) is 0 Å². The maximum absolute atomic E-state index is 6.69. The van der Waals surface area contributed by atoms with Gasteiger partial charge in [-0.15, -0.1) is 0 Å². The fourth-order valence-corrected chi connectivity index (χ4v) is 6.29. The molecule has 0 aromatic heterocycles. The molecule has 0 spiro atoms. The Morgan fingerprint density at radius 3 is 1.86 bits per heavy atom. The van der Waals surface area contributed by atoms with Crippen molar-refractivity contribution in [1.29, 1.82) is 0 Å². The van der Waals surface area contributed by atoms with Gasteiger partial charge in [-0.2, -0.15) is 0 Å². The molecule has 4 heteroatoms. The topological polar surface area (TPSA) is 30.5 Å². The predicted octanol–water partition coefficient (Wildman–Crippen LogP) is 7.06. The Hall–Kier alpha value is 0.0969. The Bertz CT molecular complexity index is 379. The van der Waals surface area contributed by atoms with Crippen LogP contribution in [0, 0.1) is 0 Å². The highest BCUT2D eigenvalue weighted by atomic mass is 28.4. The lowest BCUT2D eigenvalue weighted by Gasteiger charge is -2.42. The summed E-state index contributed by atoms with van der Waals surface area (Å²) in [6.07, 6.45) is 17.4. The fraction of sp³-hybridized carbons (Fsp3) is 1.00. The van der Waals surface area contributed by atoms with Gasteiger partial charge in [0, 0.05) is 19.2 Å². The number of nitrogens with one attached hydrogen (secondary N) is 1. The van der Waals surface area contributed by atoms with E-state index in [-0.39, 0.29) is 5.60 Å². The summed E-state index contributed by atoms with van der Waals surface area (Å²) in [6, 6.07) is 0.437. The van der Waals surface area contributed by atoms with Crippen LogP contribution in [0.2, 0.25) is 19.6 Å². The molecular formula is C24H51NO2Si. The molecule has 3 nitrogen and oxygen atoms in total. The van der Waals surface area contributed by atoms with Gasteiger partial charge in [0.15, 0.2) is 8.32 Å². The van der Waals surface area contributed by atoms with Gasteiger partial charge in [0.2, 0.25) is 0 Å². The normalized spacial score (nSPS) is 20.8. The van der Waals surface area contributed by atoms with E-state index in [0.29, 0.717) is 12.1 Å². The zero-order valence-corrected chi connectivity index (χ0v) is 21.1. The first kappa shape index (κ1) is 26.1. The van der Waals surface area contributed by atoms with E-state index < -0.39 is 8.32 Å². The Morgan fingerprint density at radius 1 is 0.821 bits per heavy atom. The summed E-state index contributed by atoms with van der Waals surface area (Å²) >= 11 is 0. The molecule has 168 valence electrons. The summed E-state index contributed by atoms with van der Waals surface area (Å²) < 4.78 is 12.9. The molecule has 1 rings (SSSR count). The van der Waals surface area contributed by atoms with Gasteiger partial charge in [0.05, 0.1) is 11.7 Å². The Balaban J connectivity index is 2.15. The van der Waals surface area contributed by atoms with Crippen molar-refractivity contribution in [3.05, 3.63) is 0 Å². The van der Waals surface area contributed by atoms with E-state index in [1.165, 1.54) is 64.2 Å². The summed E-state index contributed by atoms with van der Waals surface area (Å²) in [5.74, 6) is 0. The highest BCUT2D eigenvalue weighted by molar-refractivity contribution is 6.69. The van der Waals surface area contributed by atoms with E-state index in [0.717, 1.165) is 32.4 Å². The number of hydrogen-bond donors (Lipinski definition) is 1. The lowest BCUT2D eigenvalue weighted by atomic mass is 9.87. The van der Waals surface area contributed by atoms with Gasteiger partial charge in [-0.05, 0) is 45.3 Å². The third-order valence-corrected chi connectivity index (χ3v) is 7.30. The summed E-state index contributed by atoms with van der Waals surface area (Å²) in [5, 5.41) is 3.73. The fourth-order valence-electron chi connectivity index (χ4n) is 4.64. The molecule has 0 unspecified atom stereocenters. The maximum atomic E-state index is 6.69. The van der Waals surface area contributed by atoms with E-state index >= 15 is 0 Å². The highest BCUT2D eigenvalue weighted by Gasteiger charge is 2.43. The van der Waals surface area contributed by atoms with Gasteiger partial charge >= 0.3 is 0 Å². The van der Waals surface area contributed by atoms with Crippen LogP contribution in [0.25, 0.3) is 0 Å². The van der Waals surface area contributed by atoms with Gasteiger partial charge in [-0.3, -0.25) is 0 Å². The molecule has 0 amide bonds. The Labute approximate surface area is 177 Å². The van der Waals surface area contributed by atoms with E-state index in [4.69, 9.17) is 9.16 Å². The number of rotatable bonds is 17. The van der Waals surface area contributed by atoms with Gasteiger partial charge < -0.3 is 14.5 Å². The summed E-state index contributed by atoms with van der Waals surface area (Å²) in [5.41, 5.74) is -0.0142. The van der Waals surface area contributed by atoms with E-state index in [2.05, 4.69) is 45.7 Å². The van der Waals surface area contributed by atoms with Crippen LogP contribution in [0.5, 0.6) is 0 Å². The Kier molecular flexibility index (Phi) is 13.2. The second-order valence-electron chi connectivity index (χ2n) is 9.86. The van der Waals surface area contributed by atoms with Crippen molar-refractivity contribution in [2.45, 2.75) is 142 Å². The summed E-state index contributed by atoms with van der Waals surface area (Å²) in [7, 11) is -1.56. The van der Waals surface area contributed by atoms with E-state index in [9.17, 15) is 0 Å². The van der Waals surface area contributed by atoms with Crippen molar-refractivity contribution in [3.8, 4) is 0 Å². The molecule has 0 bridgehead atoms. The summed E-state index contributed by atoms with van der Waals surface area (Å²) in [6.45, 7) is 15.7. The molecule has 0 aromatic rings. The SMILES string of the molecule is CCCCCCCCCCCCO[C@H]1CN[C@H](C(CC)(CC)O[Si](C)(C)C)C1. The first-order valence-electron chi connectivity index (χ1n) is 12.4. The van der Waals surface area contributed by atoms with Gasteiger partial charge in [-0.1, -0.05) is 78.6 Å². The first-order valence-corrected chi connectivity index (χ1v) is 15.8. The van der Waals surface area contributed by atoms with Crippen LogP contribution >= 0.6 is 0 Å². The van der Waals surface area contributed by atoms with Crippen molar-refractivity contribution in [2.24, 2.45) is 0 Å². The smallest absolute Gasteiger partial charge is 0.184 e. The highest BCUT2D eigenvalue weighted by Crippen LogP contribution is 2.33. The lowest BCUT2D eigenvalue weighted by Crippen LogP contribution is -2.53. The molecule has 0 aromatic carbocycles. The summed E-state index contributed by atoms with van der Waals surface area (Å²) in [4.78, 5) is 0. The molecule has 1 aliphatic rings. The third-order valence-electron chi connectivity index (χ3n) is 6.28. The largest absolute Gasteiger partial charge is 0.411 e. The van der Waals surface area contributed by atoms with Crippen LogP contribution in [0.3, 0.4) is 0 Å². The van der Waals surface area contributed by atoms with E-state index in [1.54, 1.807) is 0 Å². The second-order valence-corrected chi connectivity index (χ2v) is 14.3. The molecule has 2 atom stereocenters. The Morgan fingerprint density at radius 2 is 1.36 bits per heavy atom. The van der Waals surface area contributed by atoms with E-state index in [1.807, 2.05) is 0 Å². The van der Waals surface area contributed by atoms with Gasteiger partial charge in [0.25, 0.3) is 0 Å². The van der Waals surface area contributed by atoms with Crippen molar-refractivity contribution >= 4 is 8.32 Å². The molecule has 1 aliphatic heterocycles. The average Bonchev–Trinajstić information content (AvgIpc) is 3.13. The van der Waals surface area contributed by atoms with Crippen LogP contribution in [0.4, 0.5) is 0 Å². The average molecular weight is 414 g/mol. The molecule has 1 N–H and O–H groups in total. The van der Waals surface area contributed by atoms with Crippen molar-refractivity contribution in [1.82, 2.24) is 5.32 Å². The van der Waals surface area contributed by atoms with Crippen LogP contribution in [-0.4, -0.2) is 39.2 Å². The molecule has 0 aliphatic carbocycles. The van der Waals surface area contributed by atoms with Crippen LogP contribution < -0.4 is 5.32 Å². The zero-order chi connectivity index (χ0) is 20.9. The molecule has 0 radical (unpaired) electrons.